The largest absolute Gasteiger partial charge is 2.00 e. The smallest absolute Gasteiger partial charge is 1.00 e. The predicted octanol–water partition coefficient (Wildman–Crippen LogP) is 8.38. The van der Waals surface area contributed by atoms with Crippen LogP contribution in [0.4, 0.5) is 0 Å². The zero-order chi connectivity index (χ0) is 21.6. The number of carbonyl (C=O) groups is 2. The van der Waals surface area contributed by atoms with Crippen LogP contribution in [0.5, 0.6) is 0 Å². The van der Waals surface area contributed by atoms with Crippen molar-refractivity contribution in [2.75, 3.05) is 0 Å². The summed E-state index contributed by atoms with van der Waals surface area (Å²) in [5.74, 6) is -0.0222. The van der Waals surface area contributed by atoms with Gasteiger partial charge < -0.3 is 7.59 Å². The van der Waals surface area contributed by atoms with Crippen LogP contribution in [0.15, 0.2) is 0 Å². The molecule has 0 fully saturated rings. The van der Waals surface area contributed by atoms with E-state index in [0.29, 0.717) is 18.8 Å². The van der Waals surface area contributed by atoms with Crippen molar-refractivity contribution in [1.82, 2.24) is 0 Å². The van der Waals surface area contributed by atoms with Crippen molar-refractivity contribution in [2.45, 2.75) is 149 Å². The van der Waals surface area contributed by atoms with Crippen LogP contribution < -0.4 is 0 Å². The minimum Gasteiger partial charge on any atom is -1.00 e. The second-order valence-electron chi connectivity index (χ2n) is 9.19. The third kappa shape index (κ3) is 25.9. The SMILES string of the molecule is CCCCCCCCCCCCCCCCCC(=O)OC(=O)CCCCC(C)C.[H-].[H-].[Mg+2]. The molecule has 0 aromatic rings. The van der Waals surface area contributed by atoms with Crippen LogP contribution in [0.25, 0.3) is 0 Å². The zero-order valence-electron chi connectivity index (χ0n) is 22.7. The Balaban J connectivity index is -0.00000131. The number of carbonyl (C=O) groups excluding carboxylic acids is 2. The van der Waals surface area contributed by atoms with E-state index in [9.17, 15) is 9.59 Å². The molecule has 0 aromatic heterocycles. The minimum atomic E-state index is -0.347. The van der Waals surface area contributed by atoms with Gasteiger partial charge in [0.2, 0.25) is 0 Å². The van der Waals surface area contributed by atoms with E-state index in [4.69, 9.17) is 4.74 Å². The van der Waals surface area contributed by atoms with E-state index in [1.807, 2.05) is 0 Å². The molecule has 176 valence electrons. The summed E-state index contributed by atoms with van der Waals surface area (Å²) in [4.78, 5) is 23.3. The van der Waals surface area contributed by atoms with Crippen LogP contribution in [0.1, 0.15) is 152 Å². The quantitative estimate of drug-likeness (QED) is 0.0784. The second kappa shape index (κ2) is 25.2. The summed E-state index contributed by atoms with van der Waals surface area (Å²) in [6.45, 7) is 6.63. The summed E-state index contributed by atoms with van der Waals surface area (Å²) < 4.78 is 4.90. The summed E-state index contributed by atoms with van der Waals surface area (Å²) in [6.07, 6.45) is 23.4. The average Bonchev–Trinajstić information content (AvgIpc) is 2.68. The molecule has 3 nitrogen and oxygen atoms in total. The molecule has 0 bridgehead atoms. The fourth-order valence-electron chi connectivity index (χ4n) is 3.69. The molecule has 0 spiro atoms. The van der Waals surface area contributed by atoms with Gasteiger partial charge in [-0.1, -0.05) is 124 Å². The first kappa shape index (κ1) is 32.1. The van der Waals surface area contributed by atoms with Gasteiger partial charge in [0.15, 0.2) is 0 Å². The van der Waals surface area contributed by atoms with E-state index in [2.05, 4.69) is 20.8 Å². The van der Waals surface area contributed by atoms with Crippen molar-refractivity contribution in [2.24, 2.45) is 5.92 Å². The van der Waals surface area contributed by atoms with E-state index in [-0.39, 0.29) is 37.8 Å². The maximum absolute atomic E-state index is 11.7. The third-order valence-corrected chi connectivity index (χ3v) is 5.62. The van der Waals surface area contributed by atoms with Crippen molar-refractivity contribution in [1.29, 1.82) is 0 Å². The Morgan fingerprint density at radius 3 is 1.30 bits per heavy atom. The fourth-order valence-corrected chi connectivity index (χ4v) is 3.69. The van der Waals surface area contributed by atoms with Crippen LogP contribution in [0.3, 0.4) is 0 Å². The molecule has 0 unspecified atom stereocenters. The number of rotatable bonds is 21. The Bertz CT molecular complexity index is 393. The monoisotopic (exact) mass is 436 g/mol. The van der Waals surface area contributed by atoms with E-state index >= 15 is 0 Å². The summed E-state index contributed by atoms with van der Waals surface area (Å²) in [7, 11) is 0. The van der Waals surface area contributed by atoms with Gasteiger partial charge >= 0.3 is 35.0 Å². The molecule has 0 aliphatic carbocycles. The maximum atomic E-state index is 11.7. The Kier molecular flexibility index (Phi) is 26.9. The molecule has 0 amide bonds. The first-order valence-corrected chi connectivity index (χ1v) is 12.8. The summed E-state index contributed by atoms with van der Waals surface area (Å²) in [6, 6.07) is 0. The van der Waals surface area contributed by atoms with Gasteiger partial charge in [0.1, 0.15) is 0 Å². The normalized spacial score (nSPS) is 10.8. The molecule has 4 heteroatoms. The zero-order valence-corrected chi connectivity index (χ0v) is 22.1. The van der Waals surface area contributed by atoms with Crippen molar-refractivity contribution in [3.8, 4) is 0 Å². The van der Waals surface area contributed by atoms with Crippen LogP contribution >= 0.6 is 0 Å². The van der Waals surface area contributed by atoms with E-state index in [1.54, 1.807) is 0 Å². The van der Waals surface area contributed by atoms with Crippen molar-refractivity contribution < 1.29 is 17.2 Å². The first-order chi connectivity index (χ1) is 14.1. The predicted molar refractivity (Wildman–Crippen MR) is 132 cm³/mol. The van der Waals surface area contributed by atoms with Crippen molar-refractivity contribution in [3.63, 3.8) is 0 Å². The molecule has 0 aliphatic rings. The molecule has 0 N–H and O–H groups in total. The van der Waals surface area contributed by atoms with Gasteiger partial charge in [-0.25, -0.2) is 0 Å². The second-order valence-corrected chi connectivity index (χ2v) is 9.19. The van der Waals surface area contributed by atoms with E-state index < -0.39 is 0 Å². The number of unbranched alkanes of at least 4 members (excludes halogenated alkanes) is 15. The fraction of sp³-hybridized carbons (Fsp3) is 0.923. The van der Waals surface area contributed by atoms with Gasteiger partial charge in [-0.3, -0.25) is 9.59 Å². The van der Waals surface area contributed by atoms with Crippen LogP contribution in [0, 0.1) is 5.92 Å². The van der Waals surface area contributed by atoms with E-state index in [1.165, 1.54) is 83.5 Å². The topological polar surface area (TPSA) is 43.4 Å². The van der Waals surface area contributed by atoms with Gasteiger partial charge in [-0.05, 0) is 18.8 Å². The molecular formula is C26H52MgO3. The summed E-state index contributed by atoms with van der Waals surface area (Å²) in [5.41, 5.74) is 0. The number of hydrogen-bond donors (Lipinski definition) is 0. The third-order valence-electron chi connectivity index (χ3n) is 5.62. The van der Waals surface area contributed by atoms with Crippen LogP contribution in [-0.2, 0) is 14.3 Å². The first-order valence-electron chi connectivity index (χ1n) is 12.8. The Labute approximate surface area is 207 Å². The van der Waals surface area contributed by atoms with Crippen molar-refractivity contribution >= 4 is 35.0 Å². The molecule has 0 radical (unpaired) electrons. The minimum absolute atomic E-state index is 0. The number of esters is 2. The molecule has 0 rings (SSSR count). The molecular weight excluding hydrogens is 385 g/mol. The Hall–Kier alpha value is -0.0938. The molecule has 0 saturated carbocycles. The van der Waals surface area contributed by atoms with Crippen LogP contribution in [0.2, 0.25) is 0 Å². The number of hydrogen-bond acceptors (Lipinski definition) is 3. The summed E-state index contributed by atoms with van der Waals surface area (Å²) >= 11 is 0. The molecule has 0 heterocycles. The van der Waals surface area contributed by atoms with E-state index in [0.717, 1.165) is 32.1 Å². The maximum Gasteiger partial charge on any atom is 2.00 e. The van der Waals surface area contributed by atoms with Gasteiger partial charge in [-0.15, -0.1) is 0 Å². The van der Waals surface area contributed by atoms with Gasteiger partial charge in [0, 0.05) is 12.8 Å². The average molecular weight is 437 g/mol. The Morgan fingerprint density at radius 2 is 0.933 bits per heavy atom. The number of ether oxygens (including phenoxy) is 1. The van der Waals surface area contributed by atoms with Gasteiger partial charge in [0.25, 0.3) is 0 Å². The van der Waals surface area contributed by atoms with Gasteiger partial charge in [0.05, 0.1) is 0 Å². The molecule has 0 atom stereocenters. The standard InChI is InChI=1S/C26H50O3.Mg.2H/c1-4-5-6-7-8-9-10-11-12-13-14-15-16-17-18-22-25(27)29-26(28)23-20-19-21-24(2)3;;;/h24H,4-23H2,1-3H3;;;/q;+2;2*-1. The van der Waals surface area contributed by atoms with Crippen LogP contribution in [-0.4, -0.2) is 35.0 Å². The molecule has 0 aromatic carbocycles. The van der Waals surface area contributed by atoms with Gasteiger partial charge in [-0.2, -0.15) is 0 Å². The Morgan fingerprint density at radius 1 is 0.600 bits per heavy atom. The molecule has 0 saturated heterocycles. The summed E-state index contributed by atoms with van der Waals surface area (Å²) in [5, 5.41) is 0. The molecule has 0 aliphatic heterocycles. The van der Waals surface area contributed by atoms with Crippen molar-refractivity contribution in [3.05, 3.63) is 0 Å². The molecule has 30 heavy (non-hydrogen) atoms.